The van der Waals surface area contributed by atoms with Gasteiger partial charge in [0, 0.05) is 6.42 Å². The molecule has 2 heteroatoms. The summed E-state index contributed by atoms with van der Waals surface area (Å²) in [5, 5.41) is 10.4. The van der Waals surface area contributed by atoms with Crippen molar-refractivity contribution in [2.45, 2.75) is 64.6 Å². The maximum absolute atomic E-state index is 10.4. The first-order valence-corrected chi connectivity index (χ1v) is 5.75. The van der Waals surface area contributed by atoms with Gasteiger partial charge < -0.3 is 9.84 Å². The van der Waals surface area contributed by atoms with E-state index in [4.69, 9.17) is 4.74 Å². The Labute approximate surface area is 87.7 Å². The van der Waals surface area contributed by atoms with Crippen LogP contribution in [0, 0.1) is 5.92 Å². The lowest BCUT2D eigenvalue weighted by Gasteiger charge is -2.43. The number of hydrogen-bond donors (Lipinski definition) is 1. The van der Waals surface area contributed by atoms with Crippen molar-refractivity contribution < 1.29 is 9.84 Å². The summed E-state index contributed by atoms with van der Waals surface area (Å²) in [6.07, 6.45) is 3.45. The highest BCUT2D eigenvalue weighted by atomic mass is 16.5. The van der Waals surface area contributed by atoms with Crippen LogP contribution >= 0.6 is 0 Å². The van der Waals surface area contributed by atoms with Crippen molar-refractivity contribution in [3.63, 3.8) is 0 Å². The average molecular weight is 200 g/mol. The van der Waals surface area contributed by atoms with Crippen molar-refractivity contribution >= 4 is 0 Å². The second kappa shape index (κ2) is 4.19. The molecule has 0 aliphatic carbocycles. The summed E-state index contributed by atoms with van der Waals surface area (Å²) >= 11 is 0. The molecule has 0 radical (unpaired) electrons. The first kappa shape index (κ1) is 12.0. The summed E-state index contributed by atoms with van der Waals surface area (Å²) in [7, 11) is 0. The van der Waals surface area contributed by atoms with Gasteiger partial charge in [0.1, 0.15) is 0 Å². The molecule has 2 unspecified atom stereocenters. The molecule has 1 heterocycles. The van der Waals surface area contributed by atoms with Crippen LogP contribution in [-0.2, 0) is 4.74 Å². The van der Waals surface area contributed by atoms with Crippen LogP contribution in [0.4, 0.5) is 0 Å². The van der Waals surface area contributed by atoms with E-state index in [9.17, 15) is 5.11 Å². The summed E-state index contributed by atoms with van der Waals surface area (Å²) in [5.74, 6) is 0.555. The molecule has 1 N–H and O–H groups in total. The minimum absolute atomic E-state index is 0.109. The third-order valence-electron chi connectivity index (χ3n) is 3.26. The lowest BCUT2D eigenvalue weighted by Crippen LogP contribution is -2.47. The van der Waals surface area contributed by atoms with Gasteiger partial charge in [0.15, 0.2) is 0 Å². The lowest BCUT2D eigenvalue weighted by molar-refractivity contribution is -0.158. The zero-order chi connectivity index (χ0) is 10.8. The number of rotatable bonds is 3. The Bertz CT molecular complexity index is 191. The summed E-state index contributed by atoms with van der Waals surface area (Å²) in [4.78, 5) is 0. The van der Waals surface area contributed by atoms with Gasteiger partial charge in [-0.1, -0.05) is 20.8 Å². The molecule has 14 heavy (non-hydrogen) atoms. The molecule has 0 amide bonds. The Morgan fingerprint density at radius 3 is 2.57 bits per heavy atom. The maximum atomic E-state index is 10.4. The SMILES string of the molecule is CCC1(C)CC(O)(CC(C)C)CCO1. The Balaban J connectivity index is 2.62. The summed E-state index contributed by atoms with van der Waals surface area (Å²) in [6.45, 7) is 9.26. The van der Waals surface area contributed by atoms with Gasteiger partial charge in [-0.25, -0.2) is 0 Å². The van der Waals surface area contributed by atoms with Crippen LogP contribution < -0.4 is 0 Å². The molecule has 2 atom stereocenters. The fourth-order valence-corrected chi connectivity index (χ4v) is 2.48. The molecule has 2 nitrogen and oxygen atoms in total. The summed E-state index contributed by atoms with van der Waals surface area (Å²) < 4.78 is 5.73. The van der Waals surface area contributed by atoms with Crippen LogP contribution in [0.25, 0.3) is 0 Å². The highest BCUT2D eigenvalue weighted by Crippen LogP contribution is 2.37. The Hall–Kier alpha value is -0.0800. The zero-order valence-electron chi connectivity index (χ0n) is 9.97. The standard InChI is InChI=1S/C12H24O2/c1-5-11(4)9-12(13,6-7-14-11)8-10(2)3/h10,13H,5-9H2,1-4H3. The van der Waals surface area contributed by atoms with Gasteiger partial charge in [-0.3, -0.25) is 0 Å². The largest absolute Gasteiger partial charge is 0.390 e. The number of ether oxygens (including phenoxy) is 1. The normalized spacial score (nSPS) is 39.0. The van der Waals surface area contributed by atoms with Crippen LogP contribution in [0.1, 0.15) is 53.4 Å². The monoisotopic (exact) mass is 200 g/mol. The summed E-state index contributed by atoms with van der Waals surface area (Å²) in [5.41, 5.74) is -0.598. The Morgan fingerprint density at radius 2 is 2.07 bits per heavy atom. The van der Waals surface area contributed by atoms with E-state index in [1.54, 1.807) is 0 Å². The van der Waals surface area contributed by atoms with Gasteiger partial charge in [0.05, 0.1) is 17.8 Å². The molecule has 84 valence electrons. The van der Waals surface area contributed by atoms with E-state index in [-0.39, 0.29) is 5.60 Å². The molecule has 0 saturated carbocycles. The highest BCUT2D eigenvalue weighted by molar-refractivity contribution is 4.92. The van der Waals surface area contributed by atoms with Gasteiger partial charge in [-0.2, -0.15) is 0 Å². The highest BCUT2D eigenvalue weighted by Gasteiger charge is 2.41. The lowest BCUT2D eigenvalue weighted by atomic mass is 9.77. The first-order chi connectivity index (χ1) is 6.39. The van der Waals surface area contributed by atoms with Crippen molar-refractivity contribution in [3.05, 3.63) is 0 Å². The van der Waals surface area contributed by atoms with Crippen molar-refractivity contribution in [1.29, 1.82) is 0 Å². The molecule has 0 aromatic rings. The molecule has 1 rings (SSSR count). The van der Waals surface area contributed by atoms with Gasteiger partial charge >= 0.3 is 0 Å². The molecule has 0 aromatic carbocycles. The predicted molar refractivity (Wildman–Crippen MR) is 58.3 cm³/mol. The third kappa shape index (κ3) is 2.96. The van der Waals surface area contributed by atoms with E-state index < -0.39 is 5.60 Å². The topological polar surface area (TPSA) is 29.5 Å². The zero-order valence-corrected chi connectivity index (χ0v) is 9.97. The molecular formula is C12H24O2. The second-order valence-electron chi connectivity index (χ2n) is 5.40. The van der Waals surface area contributed by atoms with E-state index in [1.165, 1.54) is 0 Å². The molecule has 1 saturated heterocycles. The fourth-order valence-electron chi connectivity index (χ4n) is 2.48. The number of aliphatic hydroxyl groups is 1. The molecule has 0 aromatic heterocycles. The van der Waals surface area contributed by atoms with E-state index in [1.807, 2.05) is 0 Å². The van der Waals surface area contributed by atoms with Crippen molar-refractivity contribution in [3.8, 4) is 0 Å². The average Bonchev–Trinajstić information content (AvgIpc) is 2.01. The van der Waals surface area contributed by atoms with E-state index >= 15 is 0 Å². The predicted octanol–water partition coefficient (Wildman–Crippen LogP) is 2.74. The molecule has 0 bridgehead atoms. The second-order valence-corrected chi connectivity index (χ2v) is 5.40. The van der Waals surface area contributed by atoms with Crippen LogP contribution in [0.15, 0.2) is 0 Å². The molecule has 1 aliphatic rings. The van der Waals surface area contributed by atoms with Gasteiger partial charge in [0.25, 0.3) is 0 Å². The first-order valence-electron chi connectivity index (χ1n) is 5.75. The van der Waals surface area contributed by atoms with Crippen LogP contribution in [0.3, 0.4) is 0 Å². The minimum atomic E-state index is -0.489. The van der Waals surface area contributed by atoms with Crippen molar-refractivity contribution in [1.82, 2.24) is 0 Å². The van der Waals surface area contributed by atoms with Crippen LogP contribution in [-0.4, -0.2) is 22.9 Å². The van der Waals surface area contributed by atoms with Gasteiger partial charge in [-0.05, 0) is 32.1 Å². The van der Waals surface area contributed by atoms with E-state index in [0.717, 1.165) is 25.7 Å². The Kier molecular flexibility index (Phi) is 3.59. The minimum Gasteiger partial charge on any atom is -0.390 e. The maximum Gasteiger partial charge on any atom is 0.0699 e. The van der Waals surface area contributed by atoms with Crippen molar-refractivity contribution in [2.24, 2.45) is 5.92 Å². The fraction of sp³-hybridized carbons (Fsp3) is 1.00. The molecule has 0 spiro atoms. The van der Waals surface area contributed by atoms with Crippen molar-refractivity contribution in [2.75, 3.05) is 6.61 Å². The Morgan fingerprint density at radius 1 is 1.43 bits per heavy atom. The van der Waals surface area contributed by atoms with Crippen LogP contribution in [0.2, 0.25) is 0 Å². The number of hydrogen-bond acceptors (Lipinski definition) is 2. The molecule has 1 aliphatic heterocycles. The molecular weight excluding hydrogens is 176 g/mol. The van der Waals surface area contributed by atoms with Gasteiger partial charge in [-0.15, -0.1) is 0 Å². The third-order valence-corrected chi connectivity index (χ3v) is 3.26. The quantitative estimate of drug-likeness (QED) is 0.759. The van der Waals surface area contributed by atoms with E-state index in [2.05, 4.69) is 27.7 Å². The van der Waals surface area contributed by atoms with E-state index in [0.29, 0.717) is 12.5 Å². The van der Waals surface area contributed by atoms with Gasteiger partial charge in [0.2, 0.25) is 0 Å². The van der Waals surface area contributed by atoms with Crippen LogP contribution in [0.5, 0.6) is 0 Å². The smallest absolute Gasteiger partial charge is 0.0699 e. The molecule has 1 fully saturated rings. The summed E-state index contributed by atoms with van der Waals surface area (Å²) in [6, 6.07) is 0.